The molecule has 3 heterocycles. The Hall–Kier alpha value is -3.26. The molecule has 1 aromatic carbocycles. The molecule has 8 heteroatoms. The zero-order valence-corrected chi connectivity index (χ0v) is 20.9. The summed E-state index contributed by atoms with van der Waals surface area (Å²) < 4.78 is 7.73. The van der Waals surface area contributed by atoms with Crippen LogP contribution in [0.4, 0.5) is 11.6 Å². The van der Waals surface area contributed by atoms with Gasteiger partial charge in [0.25, 0.3) is 0 Å². The Balaban J connectivity index is 1.35. The molecule has 34 heavy (non-hydrogen) atoms. The van der Waals surface area contributed by atoms with Crippen LogP contribution in [0.5, 0.6) is 0 Å². The minimum absolute atomic E-state index is 0.152. The van der Waals surface area contributed by atoms with Gasteiger partial charge >= 0.3 is 0 Å². The molecule has 0 radical (unpaired) electrons. The lowest BCUT2D eigenvalue weighted by atomic mass is 9.99. The number of carbonyl (C=O) groups is 1. The number of hydrogen-bond donors (Lipinski definition) is 1. The van der Waals surface area contributed by atoms with E-state index in [1.165, 1.54) is 5.56 Å². The van der Waals surface area contributed by atoms with Gasteiger partial charge in [0.05, 0.1) is 35.0 Å². The molecule has 2 aromatic heterocycles. The summed E-state index contributed by atoms with van der Waals surface area (Å²) in [5.74, 6) is 0.721. The fraction of sp³-hybridized carbons (Fsp3) is 0.462. The maximum absolute atomic E-state index is 12.6. The molecule has 8 nitrogen and oxygen atoms in total. The maximum Gasteiger partial charge on any atom is 0.227 e. The predicted octanol–water partition coefficient (Wildman–Crippen LogP) is 4.20. The average molecular weight is 463 g/mol. The topological polar surface area (TPSA) is 85.2 Å². The zero-order chi connectivity index (χ0) is 24.5. The van der Waals surface area contributed by atoms with Gasteiger partial charge in [0.15, 0.2) is 0 Å². The highest BCUT2D eigenvalue weighted by Crippen LogP contribution is 2.25. The minimum atomic E-state index is -0.170. The second kappa shape index (κ2) is 9.54. The lowest BCUT2D eigenvalue weighted by Gasteiger charge is -2.42. The molecule has 180 valence electrons. The molecule has 0 unspecified atom stereocenters. The number of rotatable bonds is 7. The number of benzene rings is 1. The molecule has 1 saturated heterocycles. The van der Waals surface area contributed by atoms with Gasteiger partial charge in [-0.25, -0.2) is 9.97 Å². The first-order valence-electron chi connectivity index (χ1n) is 11.7. The van der Waals surface area contributed by atoms with Crippen molar-refractivity contribution < 1.29 is 9.53 Å². The van der Waals surface area contributed by atoms with E-state index in [0.717, 1.165) is 34.6 Å². The maximum atomic E-state index is 12.6. The average Bonchev–Trinajstić information content (AvgIpc) is 3.06. The number of carbonyl (C=O) groups excluding carboxylic acids is 1. The van der Waals surface area contributed by atoms with Crippen LogP contribution in [0.15, 0.2) is 36.7 Å². The molecule has 0 aliphatic carbocycles. The third kappa shape index (κ3) is 5.62. The Kier molecular flexibility index (Phi) is 6.70. The van der Waals surface area contributed by atoms with Crippen LogP contribution in [0.3, 0.4) is 0 Å². The van der Waals surface area contributed by atoms with Crippen LogP contribution in [0, 0.1) is 13.8 Å². The number of amides is 1. The Morgan fingerprint density at radius 1 is 1.21 bits per heavy atom. The first-order chi connectivity index (χ1) is 16.1. The highest BCUT2D eigenvalue weighted by Gasteiger charge is 2.33. The number of aromatic nitrogens is 4. The standard InChI is InChI=1S/C26H34N6O2/c1-17-13-20(22-11-12-27-25(29-22)30-23-14-28-31(6)18(23)2)8-7-19(17)9-10-24(33)32-15-21(16-32)34-26(3,4)5/h7-8,11-14,21H,9-10,15-16H2,1-6H3,(H,27,29,30). The van der Waals surface area contributed by atoms with E-state index in [0.29, 0.717) is 25.5 Å². The van der Waals surface area contributed by atoms with Crippen molar-refractivity contribution in [1.29, 1.82) is 0 Å². The molecule has 0 bridgehead atoms. The van der Waals surface area contributed by atoms with Gasteiger partial charge in [-0.2, -0.15) is 5.10 Å². The quantitative estimate of drug-likeness (QED) is 0.567. The van der Waals surface area contributed by atoms with Gasteiger partial charge in [-0.15, -0.1) is 0 Å². The molecule has 3 aromatic rings. The van der Waals surface area contributed by atoms with Gasteiger partial charge in [0.1, 0.15) is 0 Å². The summed E-state index contributed by atoms with van der Waals surface area (Å²) in [7, 11) is 1.90. The van der Waals surface area contributed by atoms with Gasteiger partial charge in [0, 0.05) is 38.3 Å². The second-order valence-electron chi connectivity index (χ2n) is 9.95. The van der Waals surface area contributed by atoms with E-state index in [-0.39, 0.29) is 17.6 Å². The molecule has 0 spiro atoms. The summed E-state index contributed by atoms with van der Waals surface area (Å²) in [6, 6.07) is 8.18. The summed E-state index contributed by atoms with van der Waals surface area (Å²) in [6.07, 6.45) is 4.91. The van der Waals surface area contributed by atoms with Crippen molar-refractivity contribution in [3.63, 3.8) is 0 Å². The number of nitrogens with zero attached hydrogens (tertiary/aromatic N) is 5. The molecule has 1 aliphatic heterocycles. The van der Waals surface area contributed by atoms with E-state index in [1.807, 2.05) is 45.7 Å². The number of likely N-dealkylation sites (tertiary alicyclic amines) is 1. The molecular formula is C26H34N6O2. The zero-order valence-electron chi connectivity index (χ0n) is 20.9. The Morgan fingerprint density at radius 3 is 2.62 bits per heavy atom. The molecule has 1 aliphatic rings. The third-order valence-corrected chi connectivity index (χ3v) is 6.10. The summed E-state index contributed by atoms with van der Waals surface area (Å²) in [5.41, 5.74) is 5.92. The smallest absolute Gasteiger partial charge is 0.227 e. The summed E-state index contributed by atoms with van der Waals surface area (Å²) >= 11 is 0. The monoisotopic (exact) mass is 462 g/mol. The van der Waals surface area contributed by atoms with Crippen LogP contribution >= 0.6 is 0 Å². The van der Waals surface area contributed by atoms with Gasteiger partial charge in [-0.3, -0.25) is 9.48 Å². The molecule has 1 amide bonds. The van der Waals surface area contributed by atoms with E-state index >= 15 is 0 Å². The first kappa shape index (κ1) is 23.9. The minimum Gasteiger partial charge on any atom is -0.369 e. The SMILES string of the molecule is Cc1cc(-c2ccnc(Nc3cnn(C)c3C)n2)ccc1CCC(=O)N1CC(OC(C)(C)C)C1. The summed E-state index contributed by atoms with van der Waals surface area (Å²) in [4.78, 5) is 23.5. The fourth-order valence-corrected chi connectivity index (χ4v) is 4.07. The van der Waals surface area contributed by atoms with Crippen LogP contribution in [0.2, 0.25) is 0 Å². The number of ether oxygens (including phenoxy) is 1. The number of aryl methyl sites for hydroxylation is 3. The van der Waals surface area contributed by atoms with Crippen LogP contribution < -0.4 is 5.32 Å². The molecule has 4 rings (SSSR count). The van der Waals surface area contributed by atoms with Crippen molar-refractivity contribution in [2.75, 3.05) is 18.4 Å². The fourth-order valence-electron chi connectivity index (χ4n) is 4.07. The molecule has 1 N–H and O–H groups in total. The van der Waals surface area contributed by atoms with Crippen molar-refractivity contribution in [3.05, 3.63) is 53.5 Å². The third-order valence-electron chi connectivity index (χ3n) is 6.10. The Morgan fingerprint density at radius 2 is 1.97 bits per heavy atom. The largest absolute Gasteiger partial charge is 0.369 e. The van der Waals surface area contributed by atoms with Crippen LogP contribution in [0.25, 0.3) is 11.3 Å². The molecule has 0 saturated carbocycles. The number of nitrogens with one attached hydrogen (secondary N) is 1. The normalized spacial score (nSPS) is 14.2. The molecular weight excluding hydrogens is 428 g/mol. The second-order valence-corrected chi connectivity index (χ2v) is 9.95. The first-order valence-corrected chi connectivity index (χ1v) is 11.7. The molecule has 0 atom stereocenters. The molecule has 1 fully saturated rings. The van der Waals surface area contributed by atoms with Gasteiger partial charge in [-0.1, -0.05) is 12.1 Å². The summed E-state index contributed by atoms with van der Waals surface area (Å²) in [5, 5.41) is 7.49. The summed E-state index contributed by atoms with van der Waals surface area (Å²) in [6.45, 7) is 11.6. The van der Waals surface area contributed by atoms with Crippen molar-refractivity contribution in [2.24, 2.45) is 7.05 Å². The van der Waals surface area contributed by atoms with Gasteiger partial charge in [-0.05, 0) is 64.3 Å². The van der Waals surface area contributed by atoms with E-state index in [4.69, 9.17) is 4.74 Å². The number of anilines is 2. The van der Waals surface area contributed by atoms with Crippen molar-refractivity contribution in [1.82, 2.24) is 24.6 Å². The van der Waals surface area contributed by atoms with E-state index in [1.54, 1.807) is 17.1 Å². The Labute approximate surface area is 201 Å². The van der Waals surface area contributed by atoms with Crippen LogP contribution in [-0.4, -0.2) is 55.4 Å². The lowest BCUT2D eigenvalue weighted by Crippen LogP contribution is -2.56. The van der Waals surface area contributed by atoms with Crippen LogP contribution in [0.1, 0.15) is 44.0 Å². The van der Waals surface area contributed by atoms with Gasteiger partial charge in [0.2, 0.25) is 11.9 Å². The van der Waals surface area contributed by atoms with E-state index < -0.39 is 0 Å². The highest BCUT2D eigenvalue weighted by molar-refractivity contribution is 5.77. The van der Waals surface area contributed by atoms with Crippen molar-refractivity contribution in [3.8, 4) is 11.3 Å². The predicted molar refractivity (Wildman–Crippen MR) is 133 cm³/mol. The van der Waals surface area contributed by atoms with Crippen molar-refractivity contribution in [2.45, 2.75) is 59.2 Å². The van der Waals surface area contributed by atoms with Crippen molar-refractivity contribution >= 4 is 17.5 Å². The van der Waals surface area contributed by atoms with E-state index in [9.17, 15) is 4.79 Å². The number of hydrogen-bond acceptors (Lipinski definition) is 6. The van der Waals surface area contributed by atoms with Gasteiger partial charge < -0.3 is 15.0 Å². The van der Waals surface area contributed by atoms with Crippen LogP contribution in [-0.2, 0) is 23.0 Å². The Bertz CT molecular complexity index is 1170. The van der Waals surface area contributed by atoms with E-state index in [2.05, 4.69) is 45.5 Å². The highest BCUT2D eigenvalue weighted by atomic mass is 16.5. The lowest BCUT2D eigenvalue weighted by molar-refractivity contribution is -0.157.